The maximum absolute atomic E-state index is 13.5. The van der Waals surface area contributed by atoms with E-state index >= 15 is 0 Å². The zero-order valence-electron chi connectivity index (χ0n) is 15.6. The molecule has 0 spiro atoms. The van der Waals surface area contributed by atoms with E-state index in [1.54, 1.807) is 4.90 Å². The van der Waals surface area contributed by atoms with Crippen molar-refractivity contribution in [2.75, 3.05) is 31.1 Å². The van der Waals surface area contributed by atoms with Crippen LogP contribution in [0.5, 0.6) is 0 Å². The van der Waals surface area contributed by atoms with Gasteiger partial charge in [-0.15, -0.1) is 0 Å². The van der Waals surface area contributed by atoms with Crippen LogP contribution in [-0.4, -0.2) is 58.9 Å². The summed E-state index contributed by atoms with van der Waals surface area (Å²) in [6, 6.07) is 0.110. The molecule has 0 radical (unpaired) electrons. The zero-order valence-corrected chi connectivity index (χ0v) is 15.6. The van der Waals surface area contributed by atoms with Crippen LogP contribution in [0.2, 0.25) is 0 Å². The summed E-state index contributed by atoms with van der Waals surface area (Å²) in [6.45, 7) is 6.90. The SMILES string of the molecule is Cc1nc(C(=O)N2CCC(C(C)(F)F)CC2)nc(N2CC[C@@H](N)C2)c1C. The van der Waals surface area contributed by atoms with Crippen molar-refractivity contribution in [3.8, 4) is 0 Å². The molecule has 0 unspecified atom stereocenters. The predicted molar refractivity (Wildman–Crippen MR) is 95.6 cm³/mol. The van der Waals surface area contributed by atoms with E-state index < -0.39 is 11.8 Å². The van der Waals surface area contributed by atoms with Crippen LogP contribution in [0, 0.1) is 19.8 Å². The number of halogens is 2. The van der Waals surface area contributed by atoms with Crippen LogP contribution in [0.15, 0.2) is 0 Å². The van der Waals surface area contributed by atoms with Gasteiger partial charge in [-0.05, 0) is 40.0 Å². The molecule has 2 aliphatic rings. The summed E-state index contributed by atoms with van der Waals surface area (Å²) >= 11 is 0. The van der Waals surface area contributed by atoms with Gasteiger partial charge in [-0.2, -0.15) is 0 Å². The van der Waals surface area contributed by atoms with Gasteiger partial charge < -0.3 is 15.5 Å². The molecule has 26 heavy (non-hydrogen) atoms. The standard InChI is InChI=1S/C18H27F2N5O/c1-11-12(2)22-15(23-16(11)25-9-6-14(21)10-25)17(26)24-7-4-13(5-8-24)18(3,19)20/h13-14H,4-10,21H2,1-3H3/t14-/m1/s1. The van der Waals surface area contributed by atoms with Crippen LogP contribution in [0.4, 0.5) is 14.6 Å². The highest BCUT2D eigenvalue weighted by Gasteiger charge is 2.38. The number of anilines is 1. The number of rotatable bonds is 3. The zero-order chi connectivity index (χ0) is 19.1. The van der Waals surface area contributed by atoms with Crippen molar-refractivity contribution < 1.29 is 13.6 Å². The molecule has 1 aromatic rings. The predicted octanol–water partition coefficient (Wildman–Crippen LogP) is 2.14. The van der Waals surface area contributed by atoms with Crippen LogP contribution < -0.4 is 10.6 Å². The summed E-state index contributed by atoms with van der Waals surface area (Å²) in [5.41, 5.74) is 7.69. The molecule has 2 saturated heterocycles. The van der Waals surface area contributed by atoms with Gasteiger partial charge in [0, 0.05) is 49.4 Å². The number of piperidine rings is 1. The number of hydrogen-bond donors (Lipinski definition) is 1. The lowest BCUT2D eigenvalue weighted by Gasteiger charge is -2.34. The number of aromatic nitrogens is 2. The van der Waals surface area contributed by atoms with Gasteiger partial charge >= 0.3 is 0 Å². The highest BCUT2D eigenvalue weighted by atomic mass is 19.3. The topological polar surface area (TPSA) is 75.4 Å². The van der Waals surface area contributed by atoms with E-state index in [-0.39, 0.29) is 17.8 Å². The average molecular weight is 367 g/mol. The van der Waals surface area contributed by atoms with Gasteiger partial charge in [-0.25, -0.2) is 18.7 Å². The van der Waals surface area contributed by atoms with Crippen molar-refractivity contribution in [1.82, 2.24) is 14.9 Å². The van der Waals surface area contributed by atoms with E-state index in [0.29, 0.717) is 32.5 Å². The highest BCUT2D eigenvalue weighted by Crippen LogP contribution is 2.33. The molecular formula is C18H27F2N5O. The van der Waals surface area contributed by atoms with Gasteiger partial charge in [-0.3, -0.25) is 4.79 Å². The summed E-state index contributed by atoms with van der Waals surface area (Å²) in [4.78, 5) is 25.4. The second kappa shape index (κ2) is 7.06. The Morgan fingerprint density at radius 2 is 1.81 bits per heavy atom. The number of carbonyl (C=O) groups is 1. The summed E-state index contributed by atoms with van der Waals surface area (Å²) in [5, 5.41) is 0. The molecule has 0 aliphatic carbocycles. The fourth-order valence-corrected chi connectivity index (χ4v) is 3.73. The third kappa shape index (κ3) is 3.79. The van der Waals surface area contributed by atoms with Crippen LogP contribution in [0.3, 0.4) is 0 Å². The maximum atomic E-state index is 13.5. The molecule has 6 nitrogen and oxygen atoms in total. The van der Waals surface area contributed by atoms with Gasteiger partial charge in [-0.1, -0.05) is 0 Å². The Bertz CT molecular complexity index is 683. The Balaban J connectivity index is 1.77. The molecule has 8 heteroatoms. The van der Waals surface area contributed by atoms with Crippen molar-refractivity contribution in [3.05, 3.63) is 17.1 Å². The molecule has 0 saturated carbocycles. The van der Waals surface area contributed by atoms with Crippen molar-refractivity contribution in [3.63, 3.8) is 0 Å². The Kier molecular flexibility index (Phi) is 5.14. The van der Waals surface area contributed by atoms with Crippen molar-refractivity contribution >= 4 is 11.7 Å². The van der Waals surface area contributed by atoms with E-state index in [9.17, 15) is 13.6 Å². The van der Waals surface area contributed by atoms with Gasteiger partial charge in [0.15, 0.2) is 0 Å². The largest absolute Gasteiger partial charge is 0.355 e. The first kappa shape index (κ1) is 18.9. The van der Waals surface area contributed by atoms with Gasteiger partial charge in [0.25, 0.3) is 5.91 Å². The Labute approximate surface area is 152 Å². The first-order valence-electron chi connectivity index (χ1n) is 9.19. The maximum Gasteiger partial charge on any atom is 0.291 e. The fourth-order valence-electron chi connectivity index (χ4n) is 3.73. The third-order valence-electron chi connectivity index (χ3n) is 5.58. The number of amides is 1. The number of alkyl halides is 2. The monoisotopic (exact) mass is 367 g/mol. The van der Waals surface area contributed by atoms with Crippen LogP contribution in [0.1, 0.15) is 48.1 Å². The third-order valence-corrected chi connectivity index (χ3v) is 5.58. The van der Waals surface area contributed by atoms with E-state index in [4.69, 9.17) is 5.73 Å². The fraction of sp³-hybridized carbons (Fsp3) is 0.722. The molecular weight excluding hydrogens is 340 g/mol. The quantitative estimate of drug-likeness (QED) is 0.886. The number of hydrogen-bond acceptors (Lipinski definition) is 5. The second-order valence-corrected chi connectivity index (χ2v) is 7.60. The molecule has 0 aromatic carbocycles. The van der Waals surface area contributed by atoms with Crippen molar-refractivity contribution in [2.45, 2.75) is 52.0 Å². The first-order valence-corrected chi connectivity index (χ1v) is 9.19. The van der Waals surface area contributed by atoms with Gasteiger partial charge in [0.1, 0.15) is 5.82 Å². The highest BCUT2D eigenvalue weighted by molar-refractivity contribution is 5.91. The van der Waals surface area contributed by atoms with Crippen LogP contribution >= 0.6 is 0 Å². The minimum absolute atomic E-state index is 0.110. The minimum atomic E-state index is -2.70. The molecule has 0 bridgehead atoms. The van der Waals surface area contributed by atoms with Crippen molar-refractivity contribution in [1.29, 1.82) is 0 Å². The van der Waals surface area contributed by atoms with Gasteiger partial charge in [0.2, 0.25) is 11.7 Å². The molecule has 1 amide bonds. The molecule has 3 rings (SSSR count). The van der Waals surface area contributed by atoms with E-state index in [0.717, 1.165) is 37.0 Å². The summed E-state index contributed by atoms with van der Waals surface area (Å²) in [7, 11) is 0. The molecule has 2 N–H and O–H groups in total. The average Bonchev–Trinajstić information content (AvgIpc) is 3.02. The molecule has 1 aromatic heterocycles. The molecule has 2 aliphatic heterocycles. The van der Waals surface area contributed by atoms with E-state index in [1.807, 2.05) is 13.8 Å². The lowest BCUT2D eigenvalue weighted by atomic mass is 9.91. The summed E-state index contributed by atoms with van der Waals surface area (Å²) in [6.07, 6.45) is 1.49. The molecule has 2 fully saturated rings. The van der Waals surface area contributed by atoms with Crippen molar-refractivity contribution in [2.24, 2.45) is 11.7 Å². The Hall–Kier alpha value is -1.83. The number of aryl methyl sites for hydroxylation is 1. The summed E-state index contributed by atoms with van der Waals surface area (Å²) < 4.78 is 26.9. The van der Waals surface area contributed by atoms with Gasteiger partial charge in [0.05, 0.1) is 0 Å². The Morgan fingerprint density at radius 3 is 2.35 bits per heavy atom. The number of nitrogens with zero attached hydrogens (tertiary/aromatic N) is 4. The Morgan fingerprint density at radius 1 is 1.15 bits per heavy atom. The first-order chi connectivity index (χ1) is 12.2. The normalized spacial score (nSPS) is 22.2. The number of carbonyl (C=O) groups excluding carboxylic acids is 1. The minimum Gasteiger partial charge on any atom is -0.355 e. The molecule has 144 valence electrons. The molecule has 1 atom stereocenters. The number of nitrogens with two attached hydrogens (primary N) is 1. The smallest absolute Gasteiger partial charge is 0.291 e. The van der Waals surface area contributed by atoms with E-state index in [1.165, 1.54) is 0 Å². The summed E-state index contributed by atoms with van der Waals surface area (Å²) in [5.74, 6) is -2.76. The lowest BCUT2D eigenvalue weighted by Crippen LogP contribution is -2.43. The van der Waals surface area contributed by atoms with Crippen LogP contribution in [-0.2, 0) is 0 Å². The van der Waals surface area contributed by atoms with E-state index in [2.05, 4.69) is 14.9 Å². The lowest BCUT2D eigenvalue weighted by molar-refractivity contribution is -0.0595. The second-order valence-electron chi connectivity index (χ2n) is 7.60. The van der Waals surface area contributed by atoms with Crippen LogP contribution in [0.25, 0.3) is 0 Å². The molecule has 3 heterocycles. The number of likely N-dealkylation sites (tertiary alicyclic amines) is 1.